The van der Waals surface area contributed by atoms with Crippen LogP contribution in [0.3, 0.4) is 0 Å². The molecule has 0 aromatic heterocycles. The molecule has 1 N–H and O–H groups in total. The van der Waals surface area contributed by atoms with Gasteiger partial charge in [0.25, 0.3) is 5.24 Å². The molecular formula is C12H13NO2S. The van der Waals surface area contributed by atoms with Gasteiger partial charge in [-0.2, -0.15) is 0 Å². The molecule has 0 unspecified atom stereocenters. The Morgan fingerprint density at radius 3 is 2.75 bits per heavy atom. The van der Waals surface area contributed by atoms with Crippen LogP contribution in [0.15, 0.2) is 29.2 Å². The number of ether oxygens (including phenoxy) is 1. The maximum absolute atomic E-state index is 11.3. The van der Waals surface area contributed by atoms with E-state index in [1.54, 1.807) is 0 Å². The number of hydrogen-bond acceptors (Lipinski definition) is 3. The average Bonchev–Trinajstić information content (AvgIpc) is 2.29. The Hall–Kier alpha value is -1.60. The second-order valence-corrected chi connectivity index (χ2v) is 3.90. The summed E-state index contributed by atoms with van der Waals surface area (Å²) >= 11 is 1.11. The summed E-state index contributed by atoms with van der Waals surface area (Å²) in [7, 11) is 0. The highest BCUT2D eigenvalue weighted by Crippen LogP contribution is 2.21. The van der Waals surface area contributed by atoms with E-state index >= 15 is 0 Å². The van der Waals surface area contributed by atoms with Crippen molar-refractivity contribution in [1.82, 2.24) is 5.32 Å². The Kier molecular flexibility index (Phi) is 5.30. The molecule has 0 aliphatic carbocycles. The highest BCUT2D eigenvalue weighted by atomic mass is 32.2. The van der Waals surface area contributed by atoms with Crippen LogP contribution in [0, 0.1) is 12.3 Å². The molecule has 3 nitrogen and oxygen atoms in total. The molecule has 0 saturated heterocycles. The minimum absolute atomic E-state index is 0.151. The molecule has 4 heteroatoms. The third-order valence-corrected chi connectivity index (χ3v) is 2.52. The lowest BCUT2D eigenvalue weighted by atomic mass is 10.3. The molecule has 0 saturated carbocycles. The molecule has 0 heterocycles. The third-order valence-electron chi connectivity index (χ3n) is 1.68. The molecule has 0 bridgehead atoms. The third kappa shape index (κ3) is 4.28. The van der Waals surface area contributed by atoms with Crippen molar-refractivity contribution in [3.05, 3.63) is 24.3 Å². The van der Waals surface area contributed by atoms with E-state index in [1.807, 2.05) is 31.2 Å². The highest BCUT2D eigenvalue weighted by molar-refractivity contribution is 8.13. The minimum Gasteiger partial charge on any atom is -0.494 e. The van der Waals surface area contributed by atoms with Gasteiger partial charge in [0, 0.05) is 4.90 Å². The molecule has 0 spiro atoms. The van der Waals surface area contributed by atoms with Crippen LogP contribution in [0.25, 0.3) is 0 Å². The zero-order valence-electron chi connectivity index (χ0n) is 9.03. The molecular weight excluding hydrogens is 222 g/mol. The lowest BCUT2D eigenvalue weighted by Crippen LogP contribution is -2.18. The first-order valence-corrected chi connectivity index (χ1v) is 5.70. The minimum atomic E-state index is -0.151. The standard InChI is InChI=1S/C12H13NO2S/c1-3-9-13-12(14)16-11-7-5-10(6-8-11)15-4-2/h1,5-8H,4,9H2,2H3,(H,13,14). The summed E-state index contributed by atoms with van der Waals surface area (Å²) in [5.41, 5.74) is 0. The second-order valence-electron chi connectivity index (χ2n) is 2.85. The van der Waals surface area contributed by atoms with Crippen molar-refractivity contribution in [2.45, 2.75) is 11.8 Å². The topological polar surface area (TPSA) is 38.3 Å². The van der Waals surface area contributed by atoms with Gasteiger partial charge in [0.15, 0.2) is 0 Å². The van der Waals surface area contributed by atoms with Crippen LogP contribution in [-0.2, 0) is 0 Å². The van der Waals surface area contributed by atoms with E-state index in [0.717, 1.165) is 22.4 Å². The van der Waals surface area contributed by atoms with Gasteiger partial charge in [-0.15, -0.1) is 6.42 Å². The largest absolute Gasteiger partial charge is 0.494 e. The van der Waals surface area contributed by atoms with Crippen LogP contribution < -0.4 is 10.1 Å². The predicted molar refractivity (Wildman–Crippen MR) is 65.7 cm³/mol. The van der Waals surface area contributed by atoms with E-state index in [1.165, 1.54) is 0 Å². The lowest BCUT2D eigenvalue weighted by Gasteiger charge is -2.04. The fourth-order valence-corrected chi connectivity index (χ4v) is 1.67. The summed E-state index contributed by atoms with van der Waals surface area (Å²) < 4.78 is 5.29. The molecule has 16 heavy (non-hydrogen) atoms. The van der Waals surface area contributed by atoms with Crippen LogP contribution in [0.2, 0.25) is 0 Å². The van der Waals surface area contributed by atoms with Crippen molar-refractivity contribution in [2.24, 2.45) is 0 Å². The van der Waals surface area contributed by atoms with Crippen LogP contribution in [0.4, 0.5) is 4.79 Å². The normalized spacial score (nSPS) is 9.25. The molecule has 0 fully saturated rings. The van der Waals surface area contributed by atoms with E-state index in [4.69, 9.17) is 11.2 Å². The number of benzene rings is 1. The second kappa shape index (κ2) is 6.81. The van der Waals surface area contributed by atoms with Crippen molar-refractivity contribution in [1.29, 1.82) is 0 Å². The van der Waals surface area contributed by atoms with Gasteiger partial charge in [-0.3, -0.25) is 4.79 Å². The van der Waals surface area contributed by atoms with Crippen molar-refractivity contribution in [2.75, 3.05) is 13.2 Å². The van der Waals surface area contributed by atoms with Gasteiger partial charge in [0.2, 0.25) is 0 Å². The van der Waals surface area contributed by atoms with E-state index < -0.39 is 0 Å². The smallest absolute Gasteiger partial charge is 0.284 e. The monoisotopic (exact) mass is 235 g/mol. The summed E-state index contributed by atoms with van der Waals surface area (Å²) in [5, 5.41) is 2.43. The molecule has 0 aliphatic heterocycles. The Labute approximate surface area is 99.6 Å². The van der Waals surface area contributed by atoms with Gasteiger partial charge in [-0.05, 0) is 43.0 Å². The molecule has 0 radical (unpaired) electrons. The first-order chi connectivity index (χ1) is 7.76. The van der Waals surface area contributed by atoms with Gasteiger partial charge in [0.1, 0.15) is 5.75 Å². The maximum atomic E-state index is 11.3. The first kappa shape index (κ1) is 12.5. The number of carbonyl (C=O) groups is 1. The Balaban J connectivity index is 2.49. The quantitative estimate of drug-likeness (QED) is 0.643. The Morgan fingerprint density at radius 2 is 2.19 bits per heavy atom. The zero-order valence-corrected chi connectivity index (χ0v) is 9.84. The van der Waals surface area contributed by atoms with E-state index in [0.29, 0.717) is 6.61 Å². The number of rotatable bonds is 4. The number of thioether (sulfide) groups is 1. The van der Waals surface area contributed by atoms with Gasteiger partial charge in [0.05, 0.1) is 13.2 Å². The molecule has 0 aliphatic rings. The van der Waals surface area contributed by atoms with Gasteiger partial charge < -0.3 is 10.1 Å². The molecule has 1 amide bonds. The van der Waals surface area contributed by atoms with Gasteiger partial charge in [-0.25, -0.2) is 0 Å². The molecule has 1 aromatic carbocycles. The predicted octanol–water partition coefficient (Wildman–Crippen LogP) is 2.52. The number of amides is 1. The zero-order chi connectivity index (χ0) is 11.8. The van der Waals surface area contributed by atoms with Crippen molar-refractivity contribution in [3.8, 4) is 18.1 Å². The average molecular weight is 235 g/mol. The van der Waals surface area contributed by atoms with Gasteiger partial charge in [-0.1, -0.05) is 5.92 Å². The van der Waals surface area contributed by atoms with Crippen molar-refractivity contribution in [3.63, 3.8) is 0 Å². The summed E-state index contributed by atoms with van der Waals surface area (Å²) in [4.78, 5) is 12.2. The fraction of sp³-hybridized carbons (Fsp3) is 0.250. The summed E-state index contributed by atoms with van der Waals surface area (Å²) in [6, 6.07) is 7.34. The van der Waals surface area contributed by atoms with Crippen molar-refractivity contribution < 1.29 is 9.53 Å². The summed E-state index contributed by atoms with van der Waals surface area (Å²) in [5.74, 6) is 3.15. The molecule has 84 valence electrons. The SMILES string of the molecule is C#CCNC(=O)Sc1ccc(OCC)cc1. The van der Waals surface area contributed by atoms with Crippen molar-refractivity contribution >= 4 is 17.0 Å². The van der Waals surface area contributed by atoms with Crippen LogP contribution >= 0.6 is 11.8 Å². The molecule has 1 rings (SSSR count). The maximum Gasteiger partial charge on any atom is 0.284 e. The van der Waals surface area contributed by atoms with E-state index in [9.17, 15) is 4.79 Å². The Morgan fingerprint density at radius 1 is 1.50 bits per heavy atom. The van der Waals surface area contributed by atoms with E-state index in [2.05, 4.69) is 11.2 Å². The molecule has 1 aromatic rings. The first-order valence-electron chi connectivity index (χ1n) is 4.88. The van der Waals surface area contributed by atoms with Gasteiger partial charge >= 0.3 is 0 Å². The number of carbonyl (C=O) groups excluding carboxylic acids is 1. The van der Waals surface area contributed by atoms with E-state index in [-0.39, 0.29) is 11.8 Å². The number of terminal acetylenes is 1. The number of nitrogens with one attached hydrogen (secondary N) is 1. The number of hydrogen-bond donors (Lipinski definition) is 1. The van der Waals surface area contributed by atoms with Crippen LogP contribution in [-0.4, -0.2) is 18.4 Å². The van der Waals surface area contributed by atoms with Crippen LogP contribution in [0.1, 0.15) is 6.92 Å². The molecule has 0 atom stereocenters. The lowest BCUT2D eigenvalue weighted by molar-refractivity contribution is 0.261. The fourth-order valence-electron chi connectivity index (χ4n) is 1.04. The summed E-state index contributed by atoms with van der Waals surface area (Å²) in [6.45, 7) is 2.81. The highest BCUT2D eigenvalue weighted by Gasteiger charge is 2.02. The Bertz CT molecular complexity index is 381. The summed E-state index contributed by atoms with van der Waals surface area (Å²) in [6.07, 6.45) is 5.03. The van der Waals surface area contributed by atoms with Crippen LogP contribution in [0.5, 0.6) is 5.75 Å².